The van der Waals surface area contributed by atoms with Gasteiger partial charge in [0.15, 0.2) is 0 Å². The normalized spacial score (nSPS) is 29.3. The number of ether oxygens (including phenoxy) is 2. The lowest BCUT2D eigenvalue weighted by Gasteiger charge is -2.30. The molecular weight excluding hydrogens is 628 g/mol. The quantitative estimate of drug-likeness (QED) is 0.271. The number of imide groups is 1. The SMILES string of the molecule is CC(C)(C)OC(=O)C[C@H]1CCCCC/C=C\[C@@H]2C[C@@]2(C(=O)NC(=O)C2CC2)NC(=O)[C@@H]2C[C@@H](OC(=O)N3Cc4ccccc4C3)CN2C1=O. The summed E-state index contributed by atoms with van der Waals surface area (Å²) in [5, 5.41) is 5.44. The van der Waals surface area contributed by atoms with Gasteiger partial charge in [-0.15, -0.1) is 0 Å². The predicted octanol–water partition coefficient (Wildman–Crippen LogP) is 3.90. The van der Waals surface area contributed by atoms with Gasteiger partial charge < -0.3 is 19.7 Å². The largest absolute Gasteiger partial charge is 0.460 e. The first kappa shape index (κ1) is 34.6. The van der Waals surface area contributed by atoms with Crippen molar-refractivity contribution < 1.29 is 38.2 Å². The predicted molar refractivity (Wildman–Crippen MR) is 177 cm³/mol. The monoisotopic (exact) mass is 676 g/mol. The summed E-state index contributed by atoms with van der Waals surface area (Å²) in [5.41, 5.74) is 0.0247. The molecule has 2 aliphatic carbocycles. The van der Waals surface area contributed by atoms with E-state index in [2.05, 4.69) is 10.6 Å². The maximum absolute atomic E-state index is 14.3. The number of hydrogen-bond donors (Lipinski definition) is 2. The number of allylic oxidation sites excluding steroid dienone is 1. The molecule has 6 rings (SSSR count). The Morgan fingerprint density at radius 3 is 2.39 bits per heavy atom. The molecular formula is C37H48N4O8. The Balaban J connectivity index is 1.24. The second kappa shape index (κ2) is 14.0. The molecule has 0 spiro atoms. The zero-order valence-electron chi connectivity index (χ0n) is 28.7. The fourth-order valence-corrected chi connectivity index (χ4v) is 7.23. The first-order valence-electron chi connectivity index (χ1n) is 17.7. The smallest absolute Gasteiger partial charge is 0.410 e. The molecule has 49 heavy (non-hydrogen) atoms. The molecule has 1 aromatic carbocycles. The van der Waals surface area contributed by atoms with Crippen LogP contribution < -0.4 is 10.6 Å². The molecule has 0 unspecified atom stereocenters. The molecule has 12 heteroatoms. The van der Waals surface area contributed by atoms with Gasteiger partial charge in [0.2, 0.25) is 17.7 Å². The van der Waals surface area contributed by atoms with Gasteiger partial charge in [-0.1, -0.05) is 49.3 Å². The molecule has 1 aromatic rings. The van der Waals surface area contributed by atoms with Gasteiger partial charge in [-0.05, 0) is 70.4 Å². The van der Waals surface area contributed by atoms with Crippen molar-refractivity contribution in [1.82, 2.24) is 20.4 Å². The van der Waals surface area contributed by atoms with E-state index in [-0.39, 0.29) is 43.0 Å². The average Bonchev–Trinajstić information content (AvgIpc) is 3.92. The number of esters is 1. The molecule has 3 heterocycles. The molecule has 0 radical (unpaired) electrons. The molecule has 12 nitrogen and oxygen atoms in total. The molecule has 0 bridgehead atoms. The van der Waals surface area contributed by atoms with E-state index in [1.54, 1.807) is 25.7 Å². The second-order valence-electron chi connectivity index (χ2n) is 15.3. The zero-order valence-corrected chi connectivity index (χ0v) is 28.7. The highest BCUT2D eigenvalue weighted by Crippen LogP contribution is 2.46. The maximum Gasteiger partial charge on any atom is 0.410 e. The van der Waals surface area contributed by atoms with Crippen molar-refractivity contribution in [3.63, 3.8) is 0 Å². The maximum atomic E-state index is 14.3. The highest BCUT2D eigenvalue weighted by molar-refractivity contribution is 6.05. The van der Waals surface area contributed by atoms with Crippen LogP contribution in [0.5, 0.6) is 0 Å². The van der Waals surface area contributed by atoms with Crippen LogP contribution in [0.2, 0.25) is 0 Å². The lowest BCUT2D eigenvalue weighted by Crippen LogP contribution is -2.57. The number of fused-ring (bicyclic) bond motifs is 3. The van der Waals surface area contributed by atoms with Crippen molar-refractivity contribution in [3.8, 4) is 0 Å². The fraction of sp³-hybridized carbons (Fsp3) is 0.622. The molecule has 0 aromatic heterocycles. The van der Waals surface area contributed by atoms with Crippen molar-refractivity contribution in [2.24, 2.45) is 17.8 Å². The molecule has 5 aliphatic rings. The van der Waals surface area contributed by atoms with Crippen LogP contribution in [0, 0.1) is 17.8 Å². The van der Waals surface area contributed by atoms with E-state index in [1.807, 2.05) is 36.4 Å². The Kier molecular flexibility index (Phi) is 9.86. The number of rotatable bonds is 5. The fourth-order valence-electron chi connectivity index (χ4n) is 7.23. The molecule has 5 atom stereocenters. The number of nitrogens with zero attached hydrogens (tertiary/aromatic N) is 2. The number of benzene rings is 1. The molecule has 3 aliphatic heterocycles. The van der Waals surface area contributed by atoms with E-state index in [4.69, 9.17) is 9.47 Å². The van der Waals surface area contributed by atoms with Gasteiger partial charge in [-0.25, -0.2) is 4.79 Å². The van der Waals surface area contributed by atoms with Crippen LogP contribution in [0.25, 0.3) is 0 Å². The van der Waals surface area contributed by atoms with Gasteiger partial charge in [-0.2, -0.15) is 0 Å². The number of hydrogen-bond acceptors (Lipinski definition) is 8. The standard InChI is InChI=1S/C37H48N4O8/c1-36(2,3)49-30(42)17-24-11-7-5-4-6-8-14-27-19-37(27,34(46)38-31(43)23-15-16-23)39-32(44)29-18-28(22-41(29)33(24)45)48-35(47)40-20-25-12-9-10-13-26(25)21-40/h8-10,12-14,23-24,27-29H,4-7,11,15-22H2,1-3H3,(H,39,44)(H,38,43,46)/b14-8-/t24-,27-,28-,29+,37-/m1/s1. The Bertz CT molecular complexity index is 1500. The molecule has 5 amide bonds. The lowest BCUT2D eigenvalue weighted by molar-refractivity contribution is -0.159. The van der Waals surface area contributed by atoms with Gasteiger partial charge in [-0.3, -0.25) is 34.2 Å². The summed E-state index contributed by atoms with van der Waals surface area (Å²) in [6.07, 6.45) is 7.87. The van der Waals surface area contributed by atoms with E-state index in [1.165, 1.54) is 4.90 Å². The number of nitrogens with one attached hydrogen (secondary N) is 2. The third-order valence-electron chi connectivity index (χ3n) is 10.1. The number of carbonyl (C=O) groups is 6. The minimum absolute atomic E-state index is 0.0302. The van der Waals surface area contributed by atoms with Crippen molar-refractivity contribution in [1.29, 1.82) is 0 Å². The van der Waals surface area contributed by atoms with Crippen molar-refractivity contribution in [2.45, 2.75) is 121 Å². The minimum Gasteiger partial charge on any atom is -0.460 e. The zero-order chi connectivity index (χ0) is 34.9. The summed E-state index contributed by atoms with van der Waals surface area (Å²) in [6, 6.07) is 6.72. The van der Waals surface area contributed by atoms with Crippen LogP contribution in [-0.4, -0.2) is 75.3 Å². The average molecular weight is 677 g/mol. The summed E-state index contributed by atoms with van der Waals surface area (Å²) >= 11 is 0. The first-order chi connectivity index (χ1) is 23.3. The Hall–Kier alpha value is -4.22. The van der Waals surface area contributed by atoms with E-state index in [9.17, 15) is 28.8 Å². The summed E-state index contributed by atoms with van der Waals surface area (Å²) in [7, 11) is 0. The van der Waals surface area contributed by atoms with Gasteiger partial charge in [0.05, 0.1) is 13.0 Å². The summed E-state index contributed by atoms with van der Waals surface area (Å²) in [5.74, 6) is -3.56. The lowest BCUT2D eigenvalue weighted by atomic mass is 9.95. The van der Waals surface area contributed by atoms with Crippen LogP contribution in [-0.2, 0) is 46.5 Å². The molecule has 3 fully saturated rings. The number of amides is 5. The number of carbonyl (C=O) groups excluding carboxylic acids is 6. The molecule has 1 saturated heterocycles. The van der Waals surface area contributed by atoms with Crippen LogP contribution in [0.4, 0.5) is 4.79 Å². The third kappa shape index (κ3) is 8.16. The van der Waals surface area contributed by atoms with E-state index < -0.39 is 53.1 Å². The Morgan fingerprint density at radius 1 is 1.00 bits per heavy atom. The van der Waals surface area contributed by atoms with Crippen LogP contribution in [0.1, 0.15) is 96.1 Å². The third-order valence-corrected chi connectivity index (χ3v) is 10.1. The topological polar surface area (TPSA) is 151 Å². The van der Waals surface area contributed by atoms with E-state index in [0.717, 1.165) is 43.2 Å². The van der Waals surface area contributed by atoms with Crippen LogP contribution in [0.15, 0.2) is 36.4 Å². The highest BCUT2D eigenvalue weighted by Gasteiger charge is 2.61. The van der Waals surface area contributed by atoms with Crippen molar-refractivity contribution in [3.05, 3.63) is 47.5 Å². The Morgan fingerprint density at radius 2 is 1.71 bits per heavy atom. The minimum atomic E-state index is -1.32. The van der Waals surface area contributed by atoms with Crippen molar-refractivity contribution >= 4 is 35.7 Å². The second-order valence-corrected chi connectivity index (χ2v) is 15.3. The van der Waals surface area contributed by atoms with Crippen LogP contribution in [0.3, 0.4) is 0 Å². The van der Waals surface area contributed by atoms with Crippen molar-refractivity contribution in [2.75, 3.05) is 6.54 Å². The summed E-state index contributed by atoms with van der Waals surface area (Å²) < 4.78 is 11.5. The highest BCUT2D eigenvalue weighted by atomic mass is 16.6. The van der Waals surface area contributed by atoms with Gasteiger partial charge >= 0.3 is 12.1 Å². The summed E-state index contributed by atoms with van der Waals surface area (Å²) in [4.78, 5) is 83.9. The van der Waals surface area contributed by atoms with E-state index in [0.29, 0.717) is 32.4 Å². The van der Waals surface area contributed by atoms with Crippen LogP contribution >= 0.6 is 0 Å². The van der Waals surface area contributed by atoms with Gasteiger partial charge in [0.25, 0.3) is 5.91 Å². The Labute approximate surface area is 287 Å². The van der Waals surface area contributed by atoms with Gasteiger partial charge in [0.1, 0.15) is 23.3 Å². The molecule has 264 valence electrons. The first-order valence-corrected chi connectivity index (χ1v) is 17.7. The summed E-state index contributed by atoms with van der Waals surface area (Å²) in [6.45, 7) is 6.08. The van der Waals surface area contributed by atoms with Gasteiger partial charge in [0, 0.05) is 37.3 Å². The molecule has 2 N–H and O–H groups in total. The molecule has 2 saturated carbocycles. The van der Waals surface area contributed by atoms with E-state index >= 15 is 0 Å².